The number of carbonyl (C=O) groups is 1. The fraction of sp³-hybridized carbons (Fsp3) is 0.500. The number of benzene rings is 1. The van der Waals surface area contributed by atoms with E-state index in [4.69, 9.17) is 5.11 Å². The Balaban J connectivity index is 2.75. The fourth-order valence-corrected chi connectivity index (χ4v) is 1.93. The molecule has 0 saturated carbocycles. The van der Waals surface area contributed by atoms with Crippen molar-refractivity contribution in [2.45, 2.75) is 33.2 Å². The Hall–Kier alpha value is -1.51. The van der Waals surface area contributed by atoms with Gasteiger partial charge < -0.3 is 10.0 Å². The van der Waals surface area contributed by atoms with Gasteiger partial charge in [-0.15, -0.1) is 0 Å². The first-order valence-corrected chi connectivity index (χ1v) is 5.98. The van der Waals surface area contributed by atoms with Crippen molar-refractivity contribution in [3.05, 3.63) is 29.8 Å². The number of carboxylic acid groups (broad SMARTS) is 1. The number of hydrogen-bond donors (Lipinski definition) is 1. The molecule has 0 saturated heterocycles. The Labute approximate surface area is 103 Å². The van der Waals surface area contributed by atoms with Crippen LogP contribution >= 0.6 is 0 Å². The first-order valence-electron chi connectivity index (χ1n) is 5.98. The average Bonchev–Trinajstić information content (AvgIpc) is 2.27. The average molecular weight is 235 g/mol. The summed E-state index contributed by atoms with van der Waals surface area (Å²) in [5.41, 5.74) is 1.39. The molecule has 3 nitrogen and oxygen atoms in total. The minimum atomic E-state index is -0.880. The summed E-state index contributed by atoms with van der Waals surface area (Å²) >= 11 is 0. The normalized spacial score (nSPS) is 12.5. The predicted molar refractivity (Wildman–Crippen MR) is 70.7 cm³/mol. The first kappa shape index (κ1) is 13.6. The van der Waals surface area contributed by atoms with Gasteiger partial charge >= 0.3 is 5.97 Å². The summed E-state index contributed by atoms with van der Waals surface area (Å²) in [6, 6.07) is 7.47. The third kappa shape index (κ3) is 3.77. The summed E-state index contributed by atoms with van der Waals surface area (Å²) in [4.78, 5) is 12.9. The lowest BCUT2D eigenvalue weighted by molar-refractivity contribution is 0.0697. The molecule has 0 aromatic heterocycles. The molecule has 3 heteroatoms. The second-order valence-corrected chi connectivity index (χ2v) is 4.94. The molecule has 0 amide bonds. The van der Waals surface area contributed by atoms with Crippen molar-refractivity contribution >= 4 is 11.7 Å². The largest absolute Gasteiger partial charge is 0.478 e. The van der Waals surface area contributed by atoms with Gasteiger partial charge in [0.1, 0.15) is 0 Å². The van der Waals surface area contributed by atoms with Crippen LogP contribution in [0.25, 0.3) is 0 Å². The standard InChI is InChI=1S/C14H21NO2/c1-10(2)9-11(3)15(4)13-7-5-12(6-8-13)14(16)17/h5-8,10-11H,9H2,1-4H3,(H,16,17). The maximum Gasteiger partial charge on any atom is 0.335 e. The molecule has 0 spiro atoms. The molecule has 0 bridgehead atoms. The highest BCUT2D eigenvalue weighted by Gasteiger charge is 2.12. The van der Waals surface area contributed by atoms with E-state index in [-0.39, 0.29) is 0 Å². The maximum absolute atomic E-state index is 10.7. The van der Waals surface area contributed by atoms with Gasteiger partial charge in [-0.2, -0.15) is 0 Å². The number of nitrogens with zero attached hydrogens (tertiary/aromatic N) is 1. The molecule has 1 rings (SSSR count). The van der Waals surface area contributed by atoms with Gasteiger partial charge in [-0.3, -0.25) is 0 Å². The zero-order chi connectivity index (χ0) is 13.0. The fourth-order valence-electron chi connectivity index (χ4n) is 1.93. The SMILES string of the molecule is CC(C)CC(C)N(C)c1ccc(C(=O)O)cc1. The Kier molecular flexibility index (Phi) is 4.55. The number of carboxylic acids is 1. The van der Waals surface area contributed by atoms with Crippen LogP contribution in [0.15, 0.2) is 24.3 Å². The van der Waals surface area contributed by atoms with Crippen molar-refractivity contribution in [1.29, 1.82) is 0 Å². The summed E-state index contributed by atoms with van der Waals surface area (Å²) in [5, 5.41) is 8.83. The van der Waals surface area contributed by atoms with E-state index in [1.54, 1.807) is 12.1 Å². The van der Waals surface area contributed by atoms with Gasteiger partial charge in [0.05, 0.1) is 5.56 Å². The van der Waals surface area contributed by atoms with Crippen LogP contribution in [0.5, 0.6) is 0 Å². The monoisotopic (exact) mass is 235 g/mol. The van der Waals surface area contributed by atoms with Gasteiger partial charge in [0.25, 0.3) is 0 Å². The first-order chi connectivity index (χ1) is 7.91. The molecule has 94 valence electrons. The summed E-state index contributed by atoms with van der Waals surface area (Å²) in [6.07, 6.45) is 1.12. The molecular weight excluding hydrogens is 214 g/mol. The van der Waals surface area contributed by atoms with Crippen molar-refractivity contribution in [3.63, 3.8) is 0 Å². The lowest BCUT2D eigenvalue weighted by Gasteiger charge is -2.28. The van der Waals surface area contributed by atoms with Gasteiger partial charge in [-0.05, 0) is 43.5 Å². The van der Waals surface area contributed by atoms with E-state index in [0.717, 1.165) is 12.1 Å². The zero-order valence-corrected chi connectivity index (χ0v) is 11.0. The van der Waals surface area contributed by atoms with Crippen LogP contribution in [0, 0.1) is 5.92 Å². The molecule has 0 heterocycles. The van der Waals surface area contributed by atoms with Crippen LogP contribution < -0.4 is 4.90 Å². The van der Waals surface area contributed by atoms with E-state index in [1.165, 1.54) is 0 Å². The maximum atomic E-state index is 10.7. The van der Waals surface area contributed by atoms with Crippen LogP contribution in [0.1, 0.15) is 37.6 Å². The summed E-state index contributed by atoms with van der Waals surface area (Å²) in [5.74, 6) is -0.222. The molecule has 0 radical (unpaired) electrons. The molecule has 0 aliphatic heterocycles. The van der Waals surface area contributed by atoms with Crippen molar-refractivity contribution in [2.75, 3.05) is 11.9 Å². The molecular formula is C14H21NO2. The van der Waals surface area contributed by atoms with Crippen LogP contribution in [0.2, 0.25) is 0 Å². The van der Waals surface area contributed by atoms with E-state index in [9.17, 15) is 4.79 Å². The Morgan fingerprint density at radius 3 is 2.18 bits per heavy atom. The van der Waals surface area contributed by atoms with Crippen LogP contribution in [-0.4, -0.2) is 24.2 Å². The zero-order valence-electron chi connectivity index (χ0n) is 11.0. The molecule has 1 N–H and O–H groups in total. The minimum Gasteiger partial charge on any atom is -0.478 e. The van der Waals surface area contributed by atoms with E-state index in [1.807, 2.05) is 19.2 Å². The van der Waals surface area contributed by atoms with Crippen molar-refractivity contribution in [2.24, 2.45) is 5.92 Å². The summed E-state index contributed by atoms with van der Waals surface area (Å²) in [6.45, 7) is 6.60. The highest BCUT2D eigenvalue weighted by molar-refractivity contribution is 5.88. The van der Waals surface area contributed by atoms with E-state index >= 15 is 0 Å². The van der Waals surface area contributed by atoms with Crippen molar-refractivity contribution in [1.82, 2.24) is 0 Å². The Bertz CT molecular complexity index is 370. The van der Waals surface area contributed by atoms with Crippen molar-refractivity contribution < 1.29 is 9.90 Å². The molecule has 17 heavy (non-hydrogen) atoms. The number of rotatable bonds is 5. The lowest BCUT2D eigenvalue weighted by Crippen LogP contribution is -2.29. The highest BCUT2D eigenvalue weighted by Crippen LogP contribution is 2.19. The molecule has 1 atom stereocenters. The molecule has 1 unspecified atom stereocenters. The van der Waals surface area contributed by atoms with Gasteiger partial charge in [0.2, 0.25) is 0 Å². The van der Waals surface area contributed by atoms with Crippen LogP contribution in [-0.2, 0) is 0 Å². The summed E-state index contributed by atoms with van der Waals surface area (Å²) in [7, 11) is 2.04. The van der Waals surface area contributed by atoms with Gasteiger partial charge in [-0.25, -0.2) is 4.79 Å². The minimum absolute atomic E-state index is 0.332. The number of hydrogen-bond acceptors (Lipinski definition) is 2. The molecule has 1 aromatic rings. The third-order valence-corrected chi connectivity index (χ3v) is 3.00. The lowest BCUT2D eigenvalue weighted by atomic mass is 10.0. The van der Waals surface area contributed by atoms with Gasteiger partial charge in [0, 0.05) is 18.8 Å². The van der Waals surface area contributed by atoms with E-state index < -0.39 is 5.97 Å². The van der Waals surface area contributed by atoms with Crippen LogP contribution in [0.3, 0.4) is 0 Å². The smallest absolute Gasteiger partial charge is 0.335 e. The van der Waals surface area contributed by atoms with Crippen LogP contribution in [0.4, 0.5) is 5.69 Å². The van der Waals surface area contributed by atoms with E-state index in [0.29, 0.717) is 17.5 Å². The van der Waals surface area contributed by atoms with Gasteiger partial charge in [0.15, 0.2) is 0 Å². The molecule has 0 aliphatic carbocycles. The van der Waals surface area contributed by atoms with Gasteiger partial charge in [-0.1, -0.05) is 13.8 Å². The quantitative estimate of drug-likeness (QED) is 0.851. The molecule has 1 aromatic carbocycles. The predicted octanol–water partition coefficient (Wildman–Crippen LogP) is 3.26. The molecule has 0 fully saturated rings. The highest BCUT2D eigenvalue weighted by atomic mass is 16.4. The molecule has 0 aliphatic rings. The van der Waals surface area contributed by atoms with E-state index in [2.05, 4.69) is 25.7 Å². The Morgan fingerprint density at radius 1 is 1.24 bits per heavy atom. The Morgan fingerprint density at radius 2 is 1.76 bits per heavy atom. The topological polar surface area (TPSA) is 40.5 Å². The second-order valence-electron chi connectivity index (χ2n) is 4.94. The third-order valence-electron chi connectivity index (χ3n) is 3.00. The number of aromatic carboxylic acids is 1. The summed E-state index contributed by atoms with van der Waals surface area (Å²) < 4.78 is 0. The second kappa shape index (κ2) is 5.71. The van der Waals surface area contributed by atoms with Crippen molar-refractivity contribution in [3.8, 4) is 0 Å². The number of anilines is 1.